The summed E-state index contributed by atoms with van der Waals surface area (Å²) in [6.07, 6.45) is 3.64. The molecule has 1 N–H and O–H groups in total. The van der Waals surface area contributed by atoms with Gasteiger partial charge in [0.15, 0.2) is 0 Å². The van der Waals surface area contributed by atoms with Crippen LogP contribution in [0.4, 0.5) is 19.1 Å². The second kappa shape index (κ2) is 6.41. The molecule has 2 amide bonds. The van der Waals surface area contributed by atoms with Gasteiger partial charge in [-0.25, -0.2) is 23.1 Å². The molecular formula is C20H16ClF3N4O2. The molecule has 0 bridgehead atoms. The number of carbonyl (C=O) groups excluding carboxylic acids is 2. The topological polar surface area (TPSA) is 75.2 Å². The molecule has 2 heterocycles. The Labute approximate surface area is 174 Å². The number of nitrogens with zero attached hydrogens (tertiary/aromatic N) is 3. The summed E-state index contributed by atoms with van der Waals surface area (Å²) in [5, 5.41) is 2.68. The number of rotatable bonds is 4. The lowest BCUT2D eigenvalue weighted by molar-refractivity contribution is -0.117. The van der Waals surface area contributed by atoms with Crippen molar-refractivity contribution in [2.24, 2.45) is 0 Å². The van der Waals surface area contributed by atoms with Crippen molar-refractivity contribution < 1.29 is 22.8 Å². The first-order valence-corrected chi connectivity index (χ1v) is 9.87. The summed E-state index contributed by atoms with van der Waals surface area (Å²) in [4.78, 5) is 34.0. The first-order valence-electron chi connectivity index (χ1n) is 9.49. The fourth-order valence-corrected chi connectivity index (χ4v) is 4.31. The predicted molar refractivity (Wildman–Crippen MR) is 101 cm³/mol. The molecule has 5 rings (SSSR count). The molecule has 30 heavy (non-hydrogen) atoms. The van der Waals surface area contributed by atoms with Crippen LogP contribution >= 0.6 is 11.6 Å². The maximum absolute atomic E-state index is 15.2. The van der Waals surface area contributed by atoms with Gasteiger partial charge in [-0.3, -0.25) is 14.9 Å². The minimum absolute atomic E-state index is 0.0259. The number of hydrogen-bond acceptors (Lipinski definition) is 4. The van der Waals surface area contributed by atoms with Crippen LogP contribution < -0.4 is 5.32 Å². The Morgan fingerprint density at radius 3 is 2.53 bits per heavy atom. The van der Waals surface area contributed by atoms with E-state index in [1.165, 1.54) is 24.5 Å². The molecule has 0 unspecified atom stereocenters. The number of nitrogens with one attached hydrogen (secondary N) is 1. The highest BCUT2D eigenvalue weighted by atomic mass is 35.5. The van der Waals surface area contributed by atoms with E-state index in [0.717, 1.165) is 17.7 Å². The highest BCUT2D eigenvalue weighted by Gasteiger charge is 2.75. The number of benzene rings is 1. The molecule has 1 atom stereocenters. The highest BCUT2D eigenvalue weighted by molar-refractivity contribution is 6.30. The van der Waals surface area contributed by atoms with Gasteiger partial charge >= 0.3 is 0 Å². The molecule has 6 nitrogen and oxygen atoms in total. The molecule has 2 aliphatic carbocycles. The lowest BCUT2D eigenvalue weighted by Gasteiger charge is -2.35. The van der Waals surface area contributed by atoms with Crippen molar-refractivity contribution in [1.82, 2.24) is 14.9 Å². The van der Waals surface area contributed by atoms with Crippen molar-refractivity contribution in [1.29, 1.82) is 0 Å². The van der Waals surface area contributed by atoms with Gasteiger partial charge in [0.05, 0.1) is 22.8 Å². The second-order valence-electron chi connectivity index (χ2n) is 8.06. The summed E-state index contributed by atoms with van der Waals surface area (Å²) >= 11 is 5.69. The van der Waals surface area contributed by atoms with E-state index in [1.807, 2.05) is 0 Å². The smallest absolute Gasteiger partial charge is 0.260 e. The summed E-state index contributed by atoms with van der Waals surface area (Å²) in [5.74, 6) is -5.13. The van der Waals surface area contributed by atoms with E-state index in [-0.39, 0.29) is 28.0 Å². The third kappa shape index (κ3) is 2.94. The molecule has 1 spiro atoms. The molecule has 2 saturated carbocycles. The molecule has 0 saturated heterocycles. The summed E-state index contributed by atoms with van der Waals surface area (Å²) in [6.45, 7) is -0.903. The number of halogens is 4. The fourth-order valence-electron chi connectivity index (χ4n) is 4.21. The normalized spacial score (nSPS) is 24.0. The Hall–Kier alpha value is -2.68. The second-order valence-corrected chi connectivity index (χ2v) is 8.50. The Balaban J connectivity index is 1.44. The number of alkyl halides is 2. The number of hydrogen-bond donors (Lipinski definition) is 1. The molecule has 1 aromatic carbocycles. The molecule has 10 heteroatoms. The Kier molecular flexibility index (Phi) is 4.12. The van der Waals surface area contributed by atoms with Gasteiger partial charge in [0.25, 0.3) is 11.8 Å². The molecule has 1 aromatic heterocycles. The number of aromatic nitrogens is 2. The standard InChI is InChI=1S/C20H16ClF3N4O2/c21-11-5-25-18(26-6-11)27-14(29)7-28-9-19(8-20(19,23)24)15-13(17(28)30)4-3-12(16(15)22)10-1-2-10/h3-6,10H,1-2,7-9H2,(H,25,26,27,29)/t19-/m1/s1. The van der Waals surface area contributed by atoms with Gasteiger partial charge < -0.3 is 4.90 Å². The summed E-state index contributed by atoms with van der Waals surface area (Å²) in [7, 11) is 0. The van der Waals surface area contributed by atoms with Gasteiger partial charge in [-0.05, 0) is 30.4 Å². The van der Waals surface area contributed by atoms with Crippen molar-refractivity contribution in [2.45, 2.75) is 36.5 Å². The minimum atomic E-state index is -3.14. The van der Waals surface area contributed by atoms with Crippen LogP contribution in [0.25, 0.3) is 0 Å². The van der Waals surface area contributed by atoms with E-state index >= 15 is 4.39 Å². The van der Waals surface area contributed by atoms with Gasteiger partial charge in [-0.15, -0.1) is 0 Å². The molecule has 156 valence electrons. The first-order chi connectivity index (χ1) is 14.2. The Morgan fingerprint density at radius 2 is 1.93 bits per heavy atom. The SMILES string of the molecule is O=C(CN1C[C@]2(CC2(F)F)c2c(ccc(C3CC3)c2F)C1=O)Nc1ncc(Cl)cn1. The number of carbonyl (C=O) groups is 2. The lowest BCUT2D eigenvalue weighted by atomic mass is 9.83. The average Bonchev–Trinajstić information content (AvgIpc) is 3.59. The number of anilines is 1. The van der Waals surface area contributed by atoms with Gasteiger partial charge in [0.2, 0.25) is 11.9 Å². The minimum Gasteiger partial charge on any atom is -0.328 e. The van der Waals surface area contributed by atoms with E-state index in [1.54, 1.807) is 0 Å². The van der Waals surface area contributed by atoms with Crippen molar-refractivity contribution in [2.75, 3.05) is 18.4 Å². The third-order valence-corrected chi connectivity index (χ3v) is 6.15. The zero-order valence-corrected chi connectivity index (χ0v) is 16.3. The molecule has 0 radical (unpaired) electrons. The van der Waals surface area contributed by atoms with Gasteiger partial charge in [0.1, 0.15) is 12.4 Å². The monoisotopic (exact) mass is 436 g/mol. The highest BCUT2D eigenvalue weighted by Crippen LogP contribution is 2.65. The molecular weight excluding hydrogens is 421 g/mol. The van der Waals surface area contributed by atoms with E-state index in [4.69, 9.17) is 11.6 Å². The van der Waals surface area contributed by atoms with E-state index < -0.39 is 48.5 Å². The first kappa shape index (κ1) is 19.3. The maximum Gasteiger partial charge on any atom is 0.260 e. The van der Waals surface area contributed by atoms with Crippen LogP contribution in [-0.4, -0.2) is 45.7 Å². The van der Waals surface area contributed by atoms with E-state index in [9.17, 15) is 18.4 Å². The van der Waals surface area contributed by atoms with Crippen LogP contribution in [0.1, 0.15) is 46.7 Å². The third-order valence-electron chi connectivity index (χ3n) is 5.95. The van der Waals surface area contributed by atoms with Crippen LogP contribution in [0, 0.1) is 5.82 Å². The molecule has 1 aliphatic heterocycles. The zero-order valence-electron chi connectivity index (χ0n) is 15.6. The van der Waals surface area contributed by atoms with Crippen LogP contribution in [-0.2, 0) is 10.2 Å². The molecule has 2 aromatic rings. The summed E-state index contributed by atoms with van der Waals surface area (Å²) in [6, 6.07) is 2.92. The molecule has 2 fully saturated rings. The van der Waals surface area contributed by atoms with Gasteiger partial charge in [-0.2, -0.15) is 0 Å². The number of amides is 2. The molecule has 3 aliphatic rings. The average molecular weight is 437 g/mol. The van der Waals surface area contributed by atoms with Crippen LogP contribution in [0.3, 0.4) is 0 Å². The van der Waals surface area contributed by atoms with E-state index in [2.05, 4.69) is 15.3 Å². The van der Waals surface area contributed by atoms with Gasteiger partial charge in [-0.1, -0.05) is 17.7 Å². The predicted octanol–water partition coefficient (Wildman–Crippen LogP) is 3.52. The van der Waals surface area contributed by atoms with Crippen molar-refractivity contribution in [3.63, 3.8) is 0 Å². The quantitative estimate of drug-likeness (QED) is 0.795. The van der Waals surface area contributed by atoms with Gasteiger partial charge in [0, 0.05) is 24.1 Å². The summed E-state index contributed by atoms with van der Waals surface area (Å²) in [5.41, 5.74) is -1.69. The summed E-state index contributed by atoms with van der Waals surface area (Å²) < 4.78 is 44.1. The zero-order chi connectivity index (χ0) is 21.3. The Morgan fingerprint density at radius 1 is 1.27 bits per heavy atom. The van der Waals surface area contributed by atoms with Crippen LogP contribution in [0.15, 0.2) is 24.5 Å². The fraction of sp³-hybridized carbons (Fsp3) is 0.400. The van der Waals surface area contributed by atoms with E-state index in [0.29, 0.717) is 5.56 Å². The lowest BCUT2D eigenvalue weighted by Crippen LogP contribution is -2.49. The van der Waals surface area contributed by atoms with Crippen LogP contribution in [0.2, 0.25) is 5.02 Å². The van der Waals surface area contributed by atoms with Crippen LogP contribution in [0.5, 0.6) is 0 Å². The Bertz CT molecular complexity index is 1070. The van der Waals surface area contributed by atoms with Crippen molar-refractivity contribution in [3.05, 3.63) is 52.1 Å². The van der Waals surface area contributed by atoms with Crippen molar-refractivity contribution >= 4 is 29.4 Å². The largest absolute Gasteiger partial charge is 0.328 e. The number of fused-ring (bicyclic) bond motifs is 2. The van der Waals surface area contributed by atoms with Crippen molar-refractivity contribution in [3.8, 4) is 0 Å². The maximum atomic E-state index is 15.2.